The summed E-state index contributed by atoms with van der Waals surface area (Å²) in [5.74, 6) is 1.03. The minimum absolute atomic E-state index is 0.130. The first-order valence-corrected chi connectivity index (χ1v) is 13.9. The van der Waals surface area contributed by atoms with Gasteiger partial charge in [-0.25, -0.2) is 9.97 Å². The lowest BCUT2D eigenvalue weighted by molar-refractivity contribution is 0.0710. The summed E-state index contributed by atoms with van der Waals surface area (Å²) in [5, 5.41) is 6.42. The number of aromatic nitrogens is 4. The maximum atomic E-state index is 13.8. The second kappa shape index (κ2) is 11.2. The number of nitrogens with zero attached hydrogens (tertiary/aromatic N) is 5. The van der Waals surface area contributed by atoms with Crippen molar-refractivity contribution >= 4 is 28.6 Å². The van der Waals surface area contributed by atoms with Gasteiger partial charge >= 0.3 is 0 Å². The van der Waals surface area contributed by atoms with Gasteiger partial charge in [0.2, 0.25) is 11.9 Å². The number of rotatable bonds is 8. The first-order chi connectivity index (χ1) is 20.2. The summed E-state index contributed by atoms with van der Waals surface area (Å²) in [7, 11) is 1.93. The van der Waals surface area contributed by atoms with Crippen LogP contribution in [0.5, 0.6) is 11.5 Å². The molecular formula is C32H32FN7O2. The lowest BCUT2D eigenvalue weighted by Crippen LogP contribution is -2.61. The van der Waals surface area contributed by atoms with E-state index in [0.29, 0.717) is 29.2 Å². The van der Waals surface area contributed by atoms with Crippen molar-refractivity contribution in [3.05, 3.63) is 90.3 Å². The number of likely N-dealkylation sites (tertiary alicyclic amines) is 1. The van der Waals surface area contributed by atoms with E-state index in [9.17, 15) is 9.18 Å². The Morgan fingerprint density at radius 3 is 2.57 bits per heavy atom. The van der Waals surface area contributed by atoms with Crippen molar-refractivity contribution < 1.29 is 13.9 Å². The number of ether oxygens (including phenoxy) is 1. The van der Waals surface area contributed by atoms with Crippen LogP contribution < -0.4 is 15.4 Å². The maximum absolute atomic E-state index is 13.8. The Balaban J connectivity index is 1.17. The van der Waals surface area contributed by atoms with Crippen molar-refractivity contribution in [3.63, 3.8) is 0 Å². The number of amides is 1. The van der Waals surface area contributed by atoms with Crippen molar-refractivity contribution in [2.45, 2.75) is 32.9 Å². The fourth-order valence-electron chi connectivity index (χ4n) is 5.08. The maximum Gasteiger partial charge on any atom is 0.270 e. The van der Waals surface area contributed by atoms with Crippen LogP contribution in [0.3, 0.4) is 0 Å². The molecule has 1 saturated heterocycles. The minimum atomic E-state index is -0.517. The van der Waals surface area contributed by atoms with E-state index in [1.54, 1.807) is 24.4 Å². The van der Waals surface area contributed by atoms with Gasteiger partial charge in [-0.05, 0) is 73.9 Å². The molecule has 1 aliphatic heterocycles. The number of hydrogen-bond acceptors (Lipinski definition) is 7. The summed E-state index contributed by atoms with van der Waals surface area (Å²) in [6, 6.07) is 18.8. The number of imidazole rings is 1. The molecule has 2 N–H and O–H groups in total. The normalized spacial score (nSPS) is 13.8. The molecule has 9 nitrogen and oxygen atoms in total. The van der Waals surface area contributed by atoms with Crippen LogP contribution in [0.15, 0.2) is 73.1 Å². The average Bonchev–Trinajstić information content (AvgIpc) is 3.25. The molecule has 0 radical (unpaired) electrons. The van der Waals surface area contributed by atoms with Crippen LogP contribution in [-0.4, -0.2) is 55.5 Å². The molecule has 0 saturated carbocycles. The molecule has 214 valence electrons. The Labute approximate surface area is 243 Å². The predicted octanol–water partition coefficient (Wildman–Crippen LogP) is 5.84. The molecule has 3 aromatic heterocycles. The molecule has 0 spiro atoms. The highest BCUT2D eigenvalue weighted by atomic mass is 19.1. The van der Waals surface area contributed by atoms with Crippen molar-refractivity contribution in [2.75, 3.05) is 18.4 Å². The van der Waals surface area contributed by atoms with E-state index in [1.165, 1.54) is 12.3 Å². The Hall–Kier alpha value is -4.83. The van der Waals surface area contributed by atoms with Crippen molar-refractivity contribution in [1.82, 2.24) is 29.7 Å². The molecule has 10 heteroatoms. The number of carbonyl (C=O) groups excluding carboxylic acids is 1. The van der Waals surface area contributed by atoms with Gasteiger partial charge in [0.25, 0.3) is 5.91 Å². The lowest BCUT2D eigenvalue weighted by atomic mass is 10.0. The standard InChI is InChI=1S/C32H32FN7O2/c1-19(2)40-17-23(18-40)36-31(41)28-16-25(10-12-34-28)42-24-7-8-29-27(15-24)38-32(39(29)4)37-22-6-5-20(3)26(14-22)21-9-11-35-30(33)13-21/h5-16,19,23H,17-18H2,1-4H3,(H,36,41)(H,37,38). The molecule has 4 heterocycles. The van der Waals surface area contributed by atoms with Crippen molar-refractivity contribution in [3.8, 4) is 22.6 Å². The molecule has 0 aliphatic carbocycles. The molecule has 1 aliphatic rings. The summed E-state index contributed by atoms with van der Waals surface area (Å²) in [6.07, 6.45) is 3.04. The fourth-order valence-corrected chi connectivity index (χ4v) is 5.08. The minimum Gasteiger partial charge on any atom is -0.457 e. The smallest absolute Gasteiger partial charge is 0.270 e. The number of nitrogens with one attached hydrogen (secondary N) is 2. The predicted molar refractivity (Wildman–Crippen MR) is 161 cm³/mol. The Morgan fingerprint density at radius 2 is 1.79 bits per heavy atom. The highest BCUT2D eigenvalue weighted by molar-refractivity contribution is 5.93. The van der Waals surface area contributed by atoms with Crippen LogP contribution in [0.1, 0.15) is 29.9 Å². The zero-order valence-electron chi connectivity index (χ0n) is 23.9. The van der Waals surface area contributed by atoms with Crippen LogP contribution in [0, 0.1) is 12.9 Å². The summed E-state index contributed by atoms with van der Waals surface area (Å²) in [6.45, 7) is 7.97. The van der Waals surface area contributed by atoms with Crippen LogP contribution in [0.4, 0.5) is 16.0 Å². The van der Waals surface area contributed by atoms with E-state index < -0.39 is 5.95 Å². The Kier molecular flexibility index (Phi) is 7.30. The van der Waals surface area contributed by atoms with Crippen LogP contribution in [0.2, 0.25) is 0 Å². The third-order valence-corrected chi connectivity index (χ3v) is 7.56. The third-order valence-electron chi connectivity index (χ3n) is 7.56. The number of carbonyl (C=O) groups is 1. The van der Waals surface area contributed by atoms with Gasteiger partial charge in [-0.15, -0.1) is 0 Å². The van der Waals surface area contributed by atoms with E-state index in [2.05, 4.69) is 39.3 Å². The molecule has 0 unspecified atom stereocenters. The van der Waals surface area contributed by atoms with Gasteiger partial charge in [-0.3, -0.25) is 14.7 Å². The first-order valence-electron chi connectivity index (χ1n) is 13.9. The zero-order valence-corrected chi connectivity index (χ0v) is 23.9. The summed E-state index contributed by atoms with van der Waals surface area (Å²) in [4.78, 5) is 27.7. The Morgan fingerprint density at radius 1 is 1.00 bits per heavy atom. The second-order valence-electron chi connectivity index (χ2n) is 10.9. The Bertz CT molecular complexity index is 1780. The number of hydrogen-bond donors (Lipinski definition) is 2. The SMILES string of the molecule is Cc1ccc(Nc2nc3cc(Oc4ccnc(C(=O)NC5CN(C(C)C)C5)c4)ccc3n2C)cc1-c1ccnc(F)c1. The molecule has 0 bridgehead atoms. The zero-order chi connectivity index (χ0) is 29.4. The molecule has 6 rings (SSSR count). The molecule has 42 heavy (non-hydrogen) atoms. The van der Waals surface area contributed by atoms with Gasteiger partial charge < -0.3 is 19.9 Å². The van der Waals surface area contributed by atoms with E-state index in [1.807, 2.05) is 54.9 Å². The molecule has 2 aromatic carbocycles. The quantitative estimate of drug-likeness (QED) is 0.228. The highest BCUT2D eigenvalue weighted by Crippen LogP contribution is 2.31. The summed E-state index contributed by atoms with van der Waals surface area (Å²) in [5.41, 5.74) is 5.48. The number of benzene rings is 2. The molecule has 5 aromatic rings. The van der Waals surface area contributed by atoms with E-state index in [0.717, 1.165) is 46.5 Å². The van der Waals surface area contributed by atoms with Crippen molar-refractivity contribution in [2.24, 2.45) is 7.05 Å². The summed E-state index contributed by atoms with van der Waals surface area (Å²) < 4.78 is 21.8. The first kappa shape index (κ1) is 27.3. The number of pyridine rings is 2. The second-order valence-corrected chi connectivity index (χ2v) is 10.9. The van der Waals surface area contributed by atoms with Gasteiger partial charge in [-0.1, -0.05) is 6.07 Å². The van der Waals surface area contributed by atoms with E-state index >= 15 is 0 Å². The molecule has 0 atom stereocenters. The van der Waals surface area contributed by atoms with Crippen LogP contribution in [-0.2, 0) is 7.05 Å². The molecular weight excluding hydrogens is 533 g/mol. The number of fused-ring (bicyclic) bond motifs is 1. The molecule has 1 fully saturated rings. The van der Waals surface area contributed by atoms with E-state index in [4.69, 9.17) is 9.72 Å². The van der Waals surface area contributed by atoms with Gasteiger partial charge in [0.1, 0.15) is 17.2 Å². The fraction of sp³-hybridized carbons (Fsp3) is 0.250. The van der Waals surface area contributed by atoms with Crippen LogP contribution >= 0.6 is 0 Å². The average molecular weight is 566 g/mol. The lowest BCUT2D eigenvalue weighted by Gasteiger charge is -2.42. The number of anilines is 2. The topological polar surface area (TPSA) is 97.2 Å². The summed E-state index contributed by atoms with van der Waals surface area (Å²) >= 11 is 0. The third kappa shape index (κ3) is 5.66. The van der Waals surface area contributed by atoms with Crippen LogP contribution in [0.25, 0.3) is 22.2 Å². The van der Waals surface area contributed by atoms with Gasteiger partial charge in [0.05, 0.1) is 17.1 Å². The van der Waals surface area contributed by atoms with Gasteiger partial charge in [0.15, 0.2) is 0 Å². The number of halogens is 1. The van der Waals surface area contributed by atoms with Gasteiger partial charge in [0, 0.05) is 62.5 Å². The largest absolute Gasteiger partial charge is 0.457 e. The van der Waals surface area contributed by atoms with Gasteiger partial charge in [-0.2, -0.15) is 4.39 Å². The number of aryl methyl sites for hydroxylation is 2. The van der Waals surface area contributed by atoms with Crippen molar-refractivity contribution in [1.29, 1.82) is 0 Å². The van der Waals surface area contributed by atoms with E-state index in [-0.39, 0.29) is 11.9 Å². The highest BCUT2D eigenvalue weighted by Gasteiger charge is 2.30. The monoisotopic (exact) mass is 565 g/mol. The molecule has 1 amide bonds.